The maximum atomic E-state index is 13.6. The summed E-state index contributed by atoms with van der Waals surface area (Å²) in [7, 11) is 1.98. The molecule has 0 radical (unpaired) electrons. The number of halogens is 3. The number of benzene rings is 1. The van der Waals surface area contributed by atoms with Crippen LogP contribution in [0.5, 0.6) is 0 Å². The van der Waals surface area contributed by atoms with Crippen LogP contribution in [0.3, 0.4) is 0 Å². The summed E-state index contributed by atoms with van der Waals surface area (Å²) in [5.41, 5.74) is -0.374. The van der Waals surface area contributed by atoms with E-state index in [1.807, 2.05) is 7.05 Å². The lowest BCUT2D eigenvalue weighted by molar-refractivity contribution is 0.134. The fourth-order valence-electron chi connectivity index (χ4n) is 2.83. The zero-order chi connectivity index (χ0) is 17.7. The Kier molecular flexibility index (Phi) is 6.44. The molecule has 0 saturated carbocycles. The molecule has 0 bridgehead atoms. The average molecular weight is 345 g/mol. The highest BCUT2D eigenvalue weighted by molar-refractivity contribution is 5.89. The summed E-state index contributed by atoms with van der Waals surface area (Å²) in [5, 5.41) is 11.1. The predicted octanol–water partition coefficient (Wildman–Crippen LogP) is 2.41. The number of hydrogen-bond acceptors (Lipinski definition) is 3. The molecule has 0 aliphatic carbocycles. The first kappa shape index (κ1) is 18.5. The molecule has 1 saturated heterocycles. The molecule has 0 aromatic heterocycles. The van der Waals surface area contributed by atoms with Gasteiger partial charge in [0.25, 0.3) is 0 Å². The van der Waals surface area contributed by atoms with E-state index in [1.54, 1.807) is 0 Å². The molecule has 1 aliphatic heterocycles. The SMILES string of the molecule is CN(CCCO)C1CCN(C(=O)Nc2cc(F)c(F)cc2F)CC1. The summed E-state index contributed by atoms with van der Waals surface area (Å²) in [6.07, 6.45) is 2.22. The van der Waals surface area contributed by atoms with Crippen molar-refractivity contribution >= 4 is 11.7 Å². The van der Waals surface area contributed by atoms with Crippen LogP contribution in [0, 0.1) is 17.5 Å². The van der Waals surface area contributed by atoms with Crippen molar-refractivity contribution in [2.45, 2.75) is 25.3 Å². The molecule has 1 aliphatic rings. The normalized spacial score (nSPS) is 15.8. The minimum absolute atomic E-state index is 0.144. The minimum Gasteiger partial charge on any atom is -0.396 e. The lowest BCUT2D eigenvalue weighted by Crippen LogP contribution is -2.47. The van der Waals surface area contributed by atoms with E-state index in [4.69, 9.17) is 5.11 Å². The van der Waals surface area contributed by atoms with Gasteiger partial charge >= 0.3 is 6.03 Å². The molecular formula is C16H22F3N3O2. The second-order valence-electron chi connectivity index (χ2n) is 5.95. The largest absolute Gasteiger partial charge is 0.396 e. The van der Waals surface area contributed by atoms with E-state index in [0.29, 0.717) is 37.7 Å². The van der Waals surface area contributed by atoms with Crippen molar-refractivity contribution in [2.75, 3.05) is 38.6 Å². The quantitative estimate of drug-likeness (QED) is 0.806. The fraction of sp³-hybridized carbons (Fsp3) is 0.562. The van der Waals surface area contributed by atoms with Crippen LogP contribution in [-0.2, 0) is 0 Å². The standard InChI is InChI=1S/C16H22F3N3O2/c1-21(5-2-8-23)11-3-6-22(7-4-11)16(24)20-15-10-13(18)12(17)9-14(15)19/h9-11,23H,2-8H2,1H3,(H,20,24). The van der Waals surface area contributed by atoms with Gasteiger partial charge in [0.15, 0.2) is 11.6 Å². The van der Waals surface area contributed by atoms with Gasteiger partial charge in [-0.25, -0.2) is 18.0 Å². The van der Waals surface area contributed by atoms with Gasteiger partial charge in [-0.3, -0.25) is 0 Å². The molecule has 0 unspecified atom stereocenters. The van der Waals surface area contributed by atoms with E-state index in [2.05, 4.69) is 10.2 Å². The number of nitrogens with zero attached hydrogens (tertiary/aromatic N) is 2. The van der Waals surface area contributed by atoms with Crippen LogP contribution in [0.15, 0.2) is 12.1 Å². The number of likely N-dealkylation sites (tertiary alicyclic amines) is 1. The summed E-state index contributed by atoms with van der Waals surface area (Å²) in [6.45, 7) is 1.91. The molecule has 134 valence electrons. The molecule has 8 heteroatoms. The second-order valence-corrected chi connectivity index (χ2v) is 5.95. The Bertz CT molecular complexity index is 578. The monoisotopic (exact) mass is 345 g/mol. The number of nitrogens with one attached hydrogen (secondary N) is 1. The number of urea groups is 1. The molecule has 2 N–H and O–H groups in total. The number of piperidine rings is 1. The Morgan fingerprint density at radius 2 is 1.88 bits per heavy atom. The first-order valence-electron chi connectivity index (χ1n) is 7.94. The second kappa shape index (κ2) is 8.34. The van der Waals surface area contributed by atoms with E-state index < -0.39 is 23.5 Å². The number of amides is 2. The van der Waals surface area contributed by atoms with Gasteiger partial charge in [0.1, 0.15) is 5.82 Å². The van der Waals surface area contributed by atoms with Gasteiger partial charge in [0, 0.05) is 44.4 Å². The number of rotatable bonds is 5. The Balaban J connectivity index is 1.88. The van der Waals surface area contributed by atoms with E-state index in [1.165, 1.54) is 4.90 Å². The Hall–Kier alpha value is -1.80. The van der Waals surface area contributed by atoms with E-state index in [-0.39, 0.29) is 12.3 Å². The summed E-state index contributed by atoms with van der Waals surface area (Å²) in [5.74, 6) is -3.52. The Morgan fingerprint density at radius 1 is 1.25 bits per heavy atom. The lowest BCUT2D eigenvalue weighted by Gasteiger charge is -2.36. The van der Waals surface area contributed by atoms with Crippen LogP contribution in [0.4, 0.5) is 23.7 Å². The summed E-state index contributed by atoms with van der Waals surface area (Å²) >= 11 is 0. The Morgan fingerprint density at radius 3 is 2.50 bits per heavy atom. The number of hydrogen-bond donors (Lipinski definition) is 2. The van der Waals surface area contributed by atoms with Crippen molar-refractivity contribution in [2.24, 2.45) is 0 Å². The summed E-state index contributed by atoms with van der Waals surface area (Å²) in [6, 6.07) is 0.836. The highest BCUT2D eigenvalue weighted by atomic mass is 19.2. The maximum Gasteiger partial charge on any atom is 0.321 e. The molecule has 24 heavy (non-hydrogen) atoms. The zero-order valence-corrected chi connectivity index (χ0v) is 13.6. The third kappa shape index (κ3) is 4.61. The zero-order valence-electron chi connectivity index (χ0n) is 13.6. The number of anilines is 1. The highest BCUT2D eigenvalue weighted by Gasteiger charge is 2.25. The van der Waals surface area contributed by atoms with Gasteiger partial charge in [-0.1, -0.05) is 0 Å². The molecule has 5 nitrogen and oxygen atoms in total. The van der Waals surface area contributed by atoms with Gasteiger partial charge in [-0.05, 0) is 26.3 Å². The molecule has 1 aromatic carbocycles. The smallest absolute Gasteiger partial charge is 0.321 e. The van der Waals surface area contributed by atoms with E-state index >= 15 is 0 Å². The lowest BCUT2D eigenvalue weighted by atomic mass is 10.0. The minimum atomic E-state index is -1.29. The number of aliphatic hydroxyl groups excluding tert-OH is 1. The van der Waals surface area contributed by atoms with Crippen molar-refractivity contribution in [3.05, 3.63) is 29.6 Å². The van der Waals surface area contributed by atoms with Crippen LogP contribution < -0.4 is 5.32 Å². The first-order valence-corrected chi connectivity index (χ1v) is 7.94. The van der Waals surface area contributed by atoms with Gasteiger partial charge < -0.3 is 20.2 Å². The Labute approximate surface area is 139 Å². The predicted molar refractivity (Wildman–Crippen MR) is 84.3 cm³/mol. The van der Waals surface area contributed by atoms with Gasteiger partial charge in [0.05, 0.1) is 5.69 Å². The fourth-order valence-corrected chi connectivity index (χ4v) is 2.83. The van der Waals surface area contributed by atoms with Crippen LogP contribution in [-0.4, -0.2) is 60.3 Å². The molecule has 1 aromatic rings. The molecule has 1 fully saturated rings. The van der Waals surface area contributed by atoms with Gasteiger partial charge in [-0.15, -0.1) is 0 Å². The van der Waals surface area contributed by atoms with Crippen LogP contribution in [0.25, 0.3) is 0 Å². The first-order chi connectivity index (χ1) is 11.4. The van der Waals surface area contributed by atoms with Crippen LogP contribution >= 0.6 is 0 Å². The molecule has 0 atom stereocenters. The number of carbonyl (C=O) groups is 1. The molecule has 1 heterocycles. The topological polar surface area (TPSA) is 55.8 Å². The summed E-state index contributed by atoms with van der Waals surface area (Å²) in [4.78, 5) is 15.8. The molecule has 2 rings (SSSR count). The van der Waals surface area contributed by atoms with Gasteiger partial charge in [-0.2, -0.15) is 0 Å². The highest BCUT2D eigenvalue weighted by Crippen LogP contribution is 2.20. The third-order valence-electron chi connectivity index (χ3n) is 4.30. The summed E-state index contributed by atoms with van der Waals surface area (Å²) < 4.78 is 39.6. The van der Waals surface area contributed by atoms with Crippen molar-refractivity contribution in [3.63, 3.8) is 0 Å². The molecule has 0 spiro atoms. The number of aliphatic hydroxyl groups is 1. The number of carbonyl (C=O) groups excluding carboxylic acids is 1. The van der Waals surface area contributed by atoms with Crippen LogP contribution in [0.2, 0.25) is 0 Å². The van der Waals surface area contributed by atoms with E-state index in [9.17, 15) is 18.0 Å². The third-order valence-corrected chi connectivity index (χ3v) is 4.30. The maximum absolute atomic E-state index is 13.6. The molecular weight excluding hydrogens is 323 g/mol. The molecule has 2 amide bonds. The van der Waals surface area contributed by atoms with E-state index in [0.717, 1.165) is 19.4 Å². The average Bonchev–Trinajstić information content (AvgIpc) is 2.57. The van der Waals surface area contributed by atoms with Crippen molar-refractivity contribution < 1.29 is 23.1 Å². The van der Waals surface area contributed by atoms with Crippen molar-refractivity contribution in [1.82, 2.24) is 9.80 Å². The van der Waals surface area contributed by atoms with Crippen molar-refractivity contribution in [1.29, 1.82) is 0 Å². The van der Waals surface area contributed by atoms with Crippen LogP contribution in [0.1, 0.15) is 19.3 Å². The van der Waals surface area contributed by atoms with Gasteiger partial charge in [0.2, 0.25) is 0 Å². The van der Waals surface area contributed by atoms with Crippen molar-refractivity contribution in [3.8, 4) is 0 Å².